The summed E-state index contributed by atoms with van der Waals surface area (Å²) < 4.78 is 17.9. The molecule has 3 N–H and O–H groups in total. The SMILES string of the molecule is CC(=O)OC[C@H]1[C@H](COC(C)=O)[C@@H](CO)O[C@H]1n1cnc2c(N)ncnc21. The van der Waals surface area contributed by atoms with Crippen molar-refractivity contribution in [3.05, 3.63) is 12.7 Å². The van der Waals surface area contributed by atoms with Crippen LogP contribution in [-0.2, 0) is 23.8 Å². The van der Waals surface area contributed by atoms with E-state index in [1.807, 2.05) is 0 Å². The molecular formula is C16H21N5O6. The molecule has 27 heavy (non-hydrogen) atoms. The number of fused-ring (bicyclic) bond motifs is 1. The number of aromatic nitrogens is 4. The second-order valence-electron chi connectivity index (χ2n) is 6.26. The molecule has 1 saturated heterocycles. The minimum Gasteiger partial charge on any atom is -0.465 e. The van der Waals surface area contributed by atoms with E-state index in [1.54, 1.807) is 4.57 Å². The maximum Gasteiger partial charge on any atom is 0.302 e. The largest absolute Gasteiger partial charge is 0.465 e. The van der Waals surface area contributed by atoms with Crippen LogP contribution >= 0.6 is 0 Å². The topological polar surface area (TPSA) is 152 Å². The smallest absolute Gasteiger partial charge is 0.302 e. The van der Waals surface area contributed by atoms with Crippen LogP contribution in [0.5, 0.6) is 0 Å². The lowest BCUT2D eigenvalue weighted by atomic mass is 9.90. The number of carbonyl (C=O) groups excluding carboxylic acids is 2. The third-order valence-corrected chi connectivity index (χ3v) is 4.51. The predicted octanol–water partition coefficient (Wildman–Crippen LogP) is -0.343. The molecule has 3 heterocycles. The normalized spacial score (nSPS) is 24.9. The first-order chi connectivity index (χ1) is 12.9. The Balaban J connectivity index is 1.96. The Morgan fingerprint density at radius 3 is 2.48 bits per heavy atom. The Morgan fingerprint density at radius 1 is 1.19 bits per heavy atom. The van der Waals surface area contributed by atoms with E-state index in [0.717, 1.165) is 0 Å². The number of nitrogens with zero attached hydrogens (tertiary/aromatic N) is 4. The van der Waals surface area contributed by atoms with Gasteiger partial charge in [-0.1, -0.05) is 0 Å². The van der Waals surface area contributed by atoms with Crippen LogP contribution in [0.25, 0.3) is 11.2 Å². The zero-order valence-corrected chi connectivity index (χ0v) is 14.9. The zero-order chi connectivity index (χ0) is 19.6. The molecule has 0 aromatic carbocycles. The second kappa shape index (κ2) is 7.84. The van der Waals surface area contributed by atoms with Crippen molar-refractivity contribution in [3.8, 4) is 0 Å². The van der Waals surface area contributed by atoms with Crippen molar-refractivity contribution in [1.29, 1.82) is 0 Å². The van der Waals surface area contributed by atoms with E-state index < -0.39 is 30.2 Å². The van der Waals surface area contributed by atoms with Gasteiger partial charge >= 0.3 is 11.9 Å². The van der Waals surface area contributed by atoms with Crippen LogP contribution in [0.3, 0.4) is 0 Å². The van der Waals surface area contributed by atoms with Gasteiger partial charge in [0.05, 0.1) is 32.3 Å². The van der Waals surface area contributed by atoms with Crippen LogP contribution < -0.4 is 5.73 Å². The van der Waals surface area contributed by atoms with Crippen LogP contribution in [0.1, 0.15) is 20.1 Å². The van der Waals surface area contributed by atoms with Crippen LogP contribution in [0, 0.1) is 11.8 Å². The third-order valence-electron chi connectivity index (χ3n) is 4.51. The Hall–Kier alpha value is -2.79. The van der Waals surface area contributed by atoms with Crippen LogP contribution in [0.4, 0.5) is 5.82 Å². The molecule has 146 valence electrons. The van der Waals surface area contributed by atoms with Gasteiger partial charge in [0.15, 0.2) is 11.5 Å². The van der Waals surface area contributed by atoms with Crippen LogP contribution in [0.2, 0.25) is 0 Å². The molecule has 4 atom stereocenters. The fourth-order valence-corrected chi connectivity index (χ4v) is 3.24. The number of ether oxygens (including phenoxy) is 3. The molecule has 2 aromatic rings. The van der Waals surface area contributed by atoms with E-state index in [-0.39, 0.29) is 31.6 Å². The number of imidazole rings is 1. The Kier molecular flexibility index (Phi) is 5.51. The van der Waals surface area contributed by atoms with Gasteiger partial charge in [-0.2, -0.15) is 0 Å². The first-order valence-corrected chi connectivity index (χ1v) is 8.38. The van der Waals surface area contributed by atoms with E-state index in [0.29, 0.717) is 11.2 Å². The predicted molar refractivity (Wildman–Crippen MR) is 91.0 cm³/mol. The number of esters is 2. The average Bonchev–Trinajstić information content (AvgIpc) is 3.19. The highest BCUT2D eigenvalue weighted by Crippen LogP contribution is 2.41. The van der Waals surface area contributed by atoms with Gasteiger partial charge in [0.25, 0.3) is 0 Å². The fraction of sp³-hybridized carbons (Fsp3) is 0.562. The monoisotopic (exact) mass is 379 g/mol. The first-order valence-electron chi connectivity index (χ1n) is 8.38. The summed E-state index contributed by atoms with van der Waals surface area (Å²) in [5.74, 6) is -1.47. The van der Waals surface area contributed by atoms with Crippen molar-refractivity contribution in [2.45, 2.75) is 26.2 Å². The number of nitrogens with two attached hydrogens (primary N) is 1. The number of hydrogen-bond donors (Lipinski definition) is 2. The van der Waals surface area contributed by atoms with Gasteiger partial charge in [-0.3, -0.25) is 14.2 Å². The number of aliphatic hydroxyl groups excluding tert-OH is 1. The maximum absolute atomic E-state index is 11.3. The first kappa shape index (κ1) is 19.0. The molecule has 11 heteroatoms. The van der Waals surface area contributed by atoms with Crippen molar-refractivity contribution in [2.75, 3.05) is 25.6 Å². The van der Waals surface area contributed by atoms with Gasteiger partial charge in [-0.15, -0.1) is 0 Å². The quantitative estimate of drug-likeness (QED) is 0.637. The summed E-state index contributed by atoms with van der Waals surface area (Å²) in [5, 5.41) is 9.73. The van der Waals surface area contributed by atoms with Gasteiger partial charge in [0.1, 0.15) is 18.1 Å². The summed E-state index contributed by atoms with van der Waals surface area (Å²) in [6.07, 6.45) is 1.54. The van der Waals surface area contributed by atoms with Gasteiger partial charge in [-0.05, 0) is 0 Å². The van der Waals surface area contributed by atoms with E-state index in [2.05, 4.69) is 15.0 Å². The lowest BCUT2D eigenvalue weighted by molar-refractivity contribution is -0.147. The molecule has 1 fully saturated rings. The highest BCUT2D eigenvalue weighted by Gasteiger charge is 2.46. The van der Waals surface area contributed by atoms with Crippen LogP contribution in [0.15, 0.2) is 12.7 Å². The maximum atomic E-state index is 11.3. The number of carbonyl (C=O) groups is 2. The summed E-state index contributed by atoms with van der Waals surface area (Å²) >= 11 is 0. The summed E-state index contributed by atoms with van der Waals surface area (Å²) in [6.45, 7) is 2.35. The Bertz CT molecular complexity index is 840. The Morgan fingerprint density at radius 2 is 1.85 bits per heavy atom. The van der Waals surface area contributed by atoms with E-state index in [9.17, 15) is 14.7 Å². The molecule has 2 aromatic heterocycles. The highest BCUT2D eigenvalue weighted by molar-refractivity contribution is 5.81. The summed E-state index contributed by atoms with van der Waals surface area (Å²) in [7, 11) is 0. The molecule has 0 unspecified atom stereocenters. The lowest BCUT2D eigenvalue weighted by Crippen LogP contribution is -2.32. The zero-order valence-electron chi connectivity index (χ0n) is 14.9. The molecule has 11 nitrogen and oxygen atoms in total. The van der Waals surface area contributed by atoms with Gasteiger partial charge in [0, 0.05) is 25.7 Å². The van der Waals surface area contributed by atoms with E-state index >= 15 is 0 Å². The van der Waals surface area contributed by atoms with Gasteiger partial charge in [-0.25, -0.2) is 15.0 Å². The fourth-order valence-electron chi connectivity index (χ4n) is 3.24. The number of anilines is 1. The highest BCUT2D eigenvalue weighted by atomic mass is 16.6. The van der Waals surface area contributed by atoms with Crippen LogP contribution in [-0.4, -0.2) is 62.5 Å². The third kappa shape index (κ3) is 3.83. The Labute approximate surface area is 154 Å². The summed E-state index contributed by atoms with van der Waals surface area (Å²) in [6, 6.07) is 0. The van der Waals surface area contributed by atoms with Gasteiger partial charge in [0.2, 0.25) is 0 Å². The molecule has 0 radical (unpaired) electrons. The molecule has 0 spiro atoms. The summed E-state index contributed by atoms with van der Waals surface area (Å²) in [5.41, 5.74) is 6.69. The number of rotatable bonds is 6. The van der Waals surface area contributed by atoms with E-state index in [4.69, 9.17) is 19.9 Å². The van der Waals surface area contributed by atoms with Crippen molar-refractivity contribution in [3.63, 3.8) is 0 Å². The molecule has 0 amide bonds. The second-order valence-corrected chi connectivity index (χ2v) is 6.26. The average molecular weight is 379 g/mol. The standard InChI is InChI=1S/C16H21N5O6/c1-8(23)25-4-10-11(5-26-9(2)24)16(27-12(10)3-22)21-7-20-13-14(17)18-6-19-15(13)21/h6-7,10-12,16,22H,3-5H2,1-2H3,(H2,17,18,19)/t10-,11-,12+,16+/m0/s1. The molecule has 1 aliphatic heterocycles. The number of hydrogen-bond acceptors (Lipinski definition) is 10. The van der Waals surface area contributed by atoms with Crippen molar-refractivity contribution in [1.82, 2.24) is 19.5 Å². The molecule has 1 aliphatic rings. The molecule has 3 rings (SSSR count). The minimum absolute atomic E-state index is 0.0165. The molecule has 0 aliphatic carbocycles. The minimum atomic E-state index is -0.652. The van der Waals surface area contributed by atoms with Gasteiger partial charge < -0.3 is 25.1 Å². The summed E-state index contributed by atoms with van der Waals surface area (Å²) in [4.78, 5) is 34.9. The van der Waals surface area contributed by atoms with E-state index in [1.165, 1.54) is 26.5 Å². The molecular weight excluding hydrogens is 358 g/mol. The van der Waals surface area contributed by atoms with Crippen molar-refractivity contribution < 1.29 is 28.9 Å². The lowest BCUT2D eigenvalue weighted by Gasteiger charge is -2.23. The number of aliphatic hydroxyl groups is 1. The molecule has 0 saturated carbocycles. The van der Waals surface area contributed by atoms with Crippen molar-refractivity contribution >= 4 is 28.9 Å². The molecule has 0 bridgehead atoms. The number of nitrogen functional groups attached to an aromatic ring is 1. The van der Waals surface area contributed by atoms with Crippen molar-refractivity contribution in [2.24, 2.45) is 11.8 Å².